The second-order valence-corrected chi connectivity index (χ2v) is 8.99. The topological polar surface area (TPSA) is 77.2 Å². The molecule has 5 heteroatoms. The number of hydrogen-bond donors (Lipinski definition) is 4. The Morgan fingerprint density at radius 2 is 1.67 bits per heavy atom. The van der Waals surface area contributed by atoms with Crippen molar-refractivity contribution in [1.82, 2.24) is 15.6 Å². The number of aromatic amines is 1. The normalized spacial score (nSPS) is 13.5. The molecule has 0 bridgehead atoms. The van der Waals surface area contributed by atoms with Crippen molar-refractivity contribution in [3.05, 3.63) is 108 Å². The molecular formula is C28H31N3O2. The molecule has 170 valence electrons. The van der Waals surface area contributed by atoms with Gasteiger partial charge in [-0.1, -0.05) is 66.7 Å². The van der Waals surface area contributed by atoms with E-state index in [1.807, 2.05) is 79.0 Å². The first kappa shape index (κ1) is 22.8. The zero-order chi connectivity index (χ0) is 23.3. The van der Waals surface area contributed by atoms with Gasteiger partial charge in [0.1, 0.15) is 0 Å². The molecule has 0 spiro atoms. The van der Waals surface area contributed by atoms with E-state index in [-0.39, 0.29) is 11.4 Å². The number of aliphatic hydroxyl groups is 1. The lowest BCUT2D eigenvalue weighted by Crippen LogP contribution is -2.51. The molecule has 1 heterocycles. The summed E-state index contributed by atoms with van der Waals surface area (Å²) in [4.78, 5) is 16.2. The van der Waals surface area contributed by atoms with Crippen molar-refractivity contribution in [2.24, 2.45) is 0 Å². The lowest BCUT2D eigenvalue weighted by Gasteiger charge is -2.31. The number of nitrogens with one attached hydrogen (secondary N) is 3. The van der Waals surface area contributed by atoms with Crippen LogP contribution in [0.2, 0.25) is 0 Å². The molecule has 0 aliphatic rings. The fourth-order valence-electron chi connectivity index (χ4n) is 4.05. The number of carbonyl (C=O) groups is 1. The Labute approximate surface area is 194 Å². The summed E-state index contributed by atoms with van der Waals surface area (Å²) in [5.74, 6) is -0.200. The van der Waals surface area contributed by atoms with Gasteiger partial charge in [-0.25, -0.2) is 0 Å². The molecule has 4 rings (SSSR count). The zero-order valence-electron chi connectivity index (χ0n) is 19.1. The van der Waals surface area contributed by atoms with E-state index in [9.17, 15) is 9.90 Å². The molecule has 0 saturated heterocycles. The van der Waals surface area contributed by atoms with Gasteiger partial charge in [0.25, 0.3) is 5.91 Å². The van der Waals surface area contributed by atoms with Gasteiger partial charge in [0.15, 0.2) is 0 Å². The van der Waals surface area contributed by atoms with Crippen LogP contribution < -0.4 is 10.6 Å². The third kappa shape index (κ3) is 5.69. The molecule has 0 unspecified atom stereocenters. The Morgan fingerprint density at radius 3 is 2.39 bits per heavy atom. The molecule has 1 amide bonds. The zero-order valence-corrected chi connectivity index (χ0v) is 19.1. The van der Waals surface area contributed by atoms with E-state index >= 15 is 0 Å². The van der Waals surface area contributed by atoms with E-state index in [2.05, 4.69) is 41.6 Å². The summed E-state index contributed by atoms with van der Waals surface area (Å²) < 4.78 is 0. The molecule has 5 nitrogen and oxygen atoms in total. The second-order valence-electron chi connectivity index (χ2n) is 8.99. The highest BCUT2D eigenvalue weighted by Gasteiger charge is 2.26. The number of aromatic nitrogens is 1. The van der Waals surface area contributed by atoms with Crippen molar-refractivity contribution < 1.29 is 9.90 Å². The van der Waals surface area contributed by atoms with Gasteiger partial charge in [-0.05, 0) is 55.0 Å². The van der Waals surface area contributed by atoms with Crippen LogP contribution in [0, 0.1) is 0 Å². The van der Waals surface area contributed by atoms with E-state index in [1.165, 1.54) is 0 Å². The average Bonchev–Trinajstić information content (AvgIpc) is 3.31. The third-order valence-electron chi connectivity index (χ3n) is 6.15. The maximum Gasteiger partial charge on any atom is 0.251 e. The van der Waals surface area contributed by atoms with Gasteiger partial charge in [-0.2, -0.15) is 0 Å². The van der Waals surface area contributed by atoms with Gasteiger partial charge >= 0.3 is 0 Å². The van der Waals surface area contributed by atoms with Crippen LogP contribution in [0.15, 0.2) is 91.1 Å². The molecule has 0 radical (unpaired) electrons. The summed E-state index contributed by atoms with van der Waals surface area (Å²) in [5, 5.41) is 18.7. The monoisotopic (exact) mass is 441 g/mol. The van der Waals surface area contributed by atoms with Crippen LogP contribution in [0.4, 0.5) is 0 Å². The van der Waals surface area contributed by atoms with Crippen LogP contribution in [-0.2, 0) is 12.0 Å². The number of H-pyrrole nitrogens is 1. The van der Waals surface area contributed by atoms with Crippen LogP contribution in [0.3, 0.4) is 0 Å². The van der Waals surface area contributed by atoms with Crippen LogP contribution in [0.1, 0.15) is 35.3 Å². The van der Waals surface area contributed by atoms with Crippen LogP contribution in [-0.4, -0.2) is 34.7 Å². The minimum atomic E-state index is -0.772. The number of aliphatic hydroxyl groups excluding tert-OH is 1. The van der Waals surface area contributed by atoms with Gasteiger partial charge in [0.2, 0.25) is 0 Å². The Balaban J connectivity index is 1.49. The summed E-state index contributed by atoms with van der Waals surface area (Å²) in [6.45, 7) is 4.52. The van der Waals surface area contributed by atoms with E-state index in [0.29, 0.717) is 18.5 Å². The minimum absolute atomic E-state index is 0.200. The highest BCUT2D eigenvalue weighted by atomic mass is 16.3. The minimum Gasteiger partial charge on any atom is -0.390 e. The van der Waals surface area contributed by atoms with Crippen molar-refractivity contribution >= 4 is 16.8 Å². The summed E-state index contributed by atoms with van der Waals surface area (Å²) in [6, 6.07) is 27.2. The smallest absolute Gasteiger partial charge is 0.251 e. The maximum absolute atomic E-state index is 13.1. The number of rotatable bonds is 9. The van der Waals surface area contributed by atoms with Crippen LogP contribution in [0.25, 0.3) is 10.9 Å². The van der Waals surface area contributed by atoms with Gasteiger partial charge in [0.05, 0.1) is 12.1 Å². The van der Waals surface area contributed by atoms with Gasteiger partial charge < -0.3 is 20.7 Å². The standard InChI is InChI=1S/C28H31N3O2/c1-28(2,23-11-7-4-8-12-23)30-19-26(32)25(17-20-9-5-3-6-10-20)31-27(33)22-14-13-21-15-16-29-24(21)18-22/h3-16,18,25-26,29-30,32H,17,19H2,1-2H3,(H,31,33)/t25-,26+/m0/s1. The summed E-state index contributed by atoms with van der Waals surface area (Å²) >= 11 is 0. The summed E-state index contributed by atoms with van der Waals surface area (Å²) in [5.41, 5.74) is 3.35. The van der Waals surface area contributed by atoms with Crippen molar-refractivity contribution in [2.45, 2.75) is 38.0 Å². The predicted octanol–water partition coefficient (Wildman–Crippen LogP) is 4.39. The number of amides is 1. The van der Waals surface area contributed by atoms with Gasteiger partial charge in [-0.15, -0.1) is 0 Å². The first-order chi connectivity index (χ1) is 15.9. The first-order valence-electron chi connectivity index (χ1n) is 11.3. The van der Waals surface area contributed by atoms with Crippen molar-refractivity contribution in [2.75, 3.05) is 6.54 Å². The van der Waals surface area contributed by atoms with Gasteiger partial charge in [-0.3, -0.25) is 4.79 Å². The number of carbonyl (C=O) groups excluding carboxylic acids is 1. The lowest BCUT2D eigenvalue weighted by molar-refractivity contribution is 0.0814. The highest BCUT2D eigenvalue weighted by Crippen LogP contribution is 2.20. The molecule has 4 N–H and O–H groups in total. The first-order valence-corrected chi connectivity index (χ1v) is 11.3. The van der Waals surface area contributed by atoms with Crippen molar-refractivity contribution in [3.8, 4) is 0 Å². The molecule has 4 aromatic rings. The maximum atomic E-state index is 13.1. The van der Waals surface area contributed by atoms with E-state index in [4.69, 9.17) is 0 Å². The molecule has 1 aromatic heterocycles. The van der Waals surface area contributed by atoms with Crippen molar-refractivity contribution in [3.63, 3.8) is 0 Å². The second kappa shape index (κ2) is 10.0. The van der Waals surface area contributed by atoms with E-state index in [1.54, 1.807) is 0 Å². The molecule has 3 aromatic carbocycles. The molecule has 2 atom stereocenters. The number of benzene rings is 3. The summed E-state index contributed by atoms with van der Waals surface area (Å²) in [7, 11) is 0. The number of hydrogen-bond acceptors (Lipinski definition) is 3. The lowest BCUT2D eigenvalue weighted by atomic mass is 9.93. The Morgan fingerprint density at radius 1 is 0.970 bits per heavy atom. The van der Waals surface area contributed by atoms with Crippen molar-refractivity contribution in [1.29, 1.82) is 0 Å². The van der Waals surface area contributed by atoms with Gasteiger partial charge in [0, 0.05) is 29.4 Å². The van der Waals surface area contributed by atoms with E-state index < -0.39 is 12.1 Å². The third-order valence-corrected chi connectivity index (χ3v) is 6.15. The molecule has 0 aliphatic heterocycles. The van der Waals surface area contributed by atoms with Crippen LogP contribution >= 0.6 is 0 Å². The molecule has 0 saturated carbocycles. The average molecular weight is 442 g/mol. The molecular weight excluding hydrogens is 410 g/mol. The molecule has 0 aliphatic carbocycles. The Hall–Kier alpha value is -3.41. The predicted molar refractivity (Wildman–Crippen MR) is 133 cm³/mol. The largest absolute Gasteiger partial charge is 0.390 e. The Bertz CT molecular complexity index is 1190. The summed E-state index contributed by atoms with van der Waals surface area (Å²) in [6.07, 6.45) is 1.62. The quantitative estimate of drug-likeness (QED) is 0.311. The Kier molecular flexibility index (Phi) is 6.92. The van der Waals surface area contributed by atoms with E-state index in [0.717, 1.165) is 22.0 Å². The fraction of sp³-hybridized carbons (Fsp3) is 0.250. The number of fused-ring (bicyclic) bond motifs is 1. The van der Waals surface area contributed by atoms with Crippen LogP contribution in [0.5, 0.6) is 0 Å². The highest BCUT2D eigenvalue weighted by molar-refractivity contribution is 5.98. The molecule has 33 heavy (non-hydrogen) atoms. The SMILES string of the molecule is CC(C)(NC[C@@H](O)[C@H](Cc1ccccc1)NC(=O)c1ccc2cc[nH]c2c1)c1ccccc1. The fourth-order valence-corrected chi connectivity index (χ4v) is 4.05. The molecule has 0 fully saturated rings.